The van der Waals surface area contributed by atoms with Crippen molar-refractivity contribution >= 4 is 21.4 Å². The van der Waals surface area contributed by atoms with Gasteiger partial charge < -0.3 is 9.84 Å². The average Bonchev–Trinajstić information content (AvgIpc) is 3.00. The highest BCUT2D eigenvalue weighted by molar-refractivity contribution is 7.89. The monoisotopic (exact) mass is 302 g/mol. The topological polar surface area (TPSA) is 97.1 Å². The molecule has 104 valence electrons. The first-order chi connectivity index (χ1) is 9.12. The van der Waals surface area contributed by atoms with Crippen LogP contribution in [-0.2, 0) is 23.0 Å². The lowest BCUT2D eigenvalue weighted by Gasteiger charge is -2.02. The van der Waals surface area contributed by atoms with Crippen molar-refractivity contribution in [3.63, 3.8) is 0 Å². The predicted octanol–water partition coefficient (Wildman–Crippen LogP) is 0.372. The van der Waals surface area contributed by atoms with Crippen LogP contribution in [0.2, 0.25) is 0 Å². The van der Waals surface area contributed by atoms with Crippen molar-refractivity contribution in [1.82, 2.24) is 20.2 Å². The van der Waals surface area contributed by atoms with Gasteiger partial charge in [-0.15, -0.1) is 11.3 Å². The molecule has 19 heavy (non-hydrogen) atoms. The molecule has 2 aromatic rings. The second kappa shape index (κ2) is 6.24. The fourth-order valence-electron chi connectivity index (χ4n) is 1.45. The minimum atomic E-state index is -3.46. The van der Waals surface area contributed by atoms with Gasteiger partial charge in [0.1, 0.15) is 0 Å². The van der Waals surface area contributed by atoms with Crippen LogP contribution in [0.4, 0.5) is 0 Å². The molecular formula is C10H14N4O3S2. The maximum Gasteiger partial charge on any atom is 0.241 e. The average molecular weight is 302 g/mol. The van der Waals surface area contributed by atoms with E-state index in [4.69, 9.17) is 0 Å². The molecule has 0 saturated carbocycles. The maximum atomic E-state index is 12.0. The summed E-state index contributed by atoms with van der Waals surface area (Å²) in [5.74, 6) is 0.476. The van der Waals surface area contributed by atoms with E-state index in [-0.39, 0.29) is 11.4 Å². The molecule has 0 spiro atoms. The Labute approximate surface area is 115 Å². The fraction of sp³-hybridized carbons (Fsp3) is 0.400. The Hall–Kier alpha value is -1.29. The van der Waals surface area contributed by atoms with Gasteiger partial charge in [0, 0.05) is 29.8 Å². The molecule has 2 N–H and O–H groups in total. The molecule has 0 saturated heterocycles. The molecule has 2 aromatic heterocycles. The number of sulfonamides is 1. The third-order valence-electron chi connectivity index (χ3n) is 2.34. The van der Waals surface area contributed by atoms with Gasteiger partial charge in [0.2, 0.25) is 16.4 Å². The van der Waals surface area contributed by atoms with Crippen LogP contribution < -0.4 is 10.0 Å². The predicted molar refractivity (Wildman–Crippen MR) is 70.3 cm³/mol. The normalized spacial score (nSPS) is 11.8. The minimum absolute atomic E-state index is 0.235. The minimum Gasteiger partial charge on any atom is -0.343 e. The fourth-order valence-corrected chi connectivity index (χ4v) is 3.77. The third kappa shape index (κ3) is 3.83. The lowest BCUT2D eigenvalue weighted by molar-refractivity contribution is 0.410. The lowest BCUT2D eigenvalue weighted by atomic mass is 10.4. The van der Waals surface area contributed by atoms with Crippen LogP contribution in [0.1, 0.15) is 10.7 Å². The van der Waals surface area contributed by atoms with Crippen LogP contribution in [-0.4, -0.2) is 32.2 Å². The van der Waals surface area contributed by atoms with Gasteiger partial charge in [-0.2, -0.15) is 4.98 Å². The smallest absolute Gasteiger partial charge is 0.241 e. The van der Waals surface area contributed by atoms with Gasteiger partial charge in [-0.3, -0.25) is 0 Å². The first-order valence-electron chi connectivity index (χ1n) is 5.59. The van der Waals surface area contributed by atoms with Gasteiger partial charge in [0.15, 0.2) is 5.82 Å². The first kappa shape index (κ1) is 14.1. The van der Waals surface area contributed by atoms with E-state index in [0.717, 1.165) is 4.88 Å². The number of nitrogens with zero attached hydrogens (tertiary/aromatic N) is 2. The van der Waals surface area contributed by atoms with Crippen molar-refractivity contribution in [2.75, 3.05) is 13.6 Å². The summed E-state index contributed by atoms with van der Waals surface area (Å²) in [6.45, 7) is 0.891. The molecular weight excluding hydrogens is 288 g/mol. The summed E-state index contributed by atoms with van der Waals surface area (Å²) < 4.78 is 31.1. The molecule has 7 nitrogen and oxygen atoms in total. The Morgan fingerprint density at radius 3 is 3.00 bits per heavy atom. The molecule has 0 aromatic carbocycles. The Balaban J connectivity index is 1.93. The van der Waals surface area contributed by atoms with E-state index in [0.29, 0.717) is 18.8 Å². The van der Waals surface area contributed by atoms with Gasteiger partial charge in [-0.25, -0.2) is 13.1 Å². The van der Waals surface area contributed by atoms with E-state index in [1.807, 2.05) is 7.05 Å². The Morgan fingerprint density at radius 1 is 1.47 bits per heavy atom. The van der Waals surface area contributed by atoms with Crippen molar-refractivity contribution in [3.05, 3.63) is 28.5 Å². The van der Waals surface area contributed by atoms with E-state index in [1.165, 1.54) is 17.7 Å². The molecule has 0 radical (unpaired) electrons. The molecule has 0 amide bonds. The van der Waals surface area contributed by atoms with Gasteiger partial charge in [0.25, 0.3) is 0 Å². The van der Waals surface area contributed by atoms with Crippen LogP contribution in [0.25, 0.3) is 0 Å². The van der Waals surface area contributed by atoms with Gasteiger partial charge in [-0.05, 0) is 13.1 Å². The molecule has 0 fully saturated rings. The first-order valence-corrected chi connectivity index (χ1v) is 7.95. The van der Waals surface area contributed by atoms with Crippen molar-refractivity contribution in [1.29, 1.82) is 0 Å². The number of hydrogen-bond donors (Lipinski definition) is 2. The van der Waals surface area contributed by atoms with Gasteiger partial charge in [-0.1, -0.05) is 5.16 Å². The van der Waals surface area contributed by atoms with E-state index < -0.39 is 10.0 Å². The van der Waals surface area contributed by atoms with E-state index in [9.17, 15) is 8.42 Å². The van der Waals surface area contributed by atoms with Crippen molar-refractivity contribution in [2.24, 2.45) is 0 Å². The highest BCUT2D eigenvalue weighted by Gasteiger charge is 2.15. The lowest BCUT2D eigenvalue weighted by Crippen LogP contribution is -2.25. The second-order valence-electron chi connectivity index (χ2n) is 3.77. The molecule has 2 heterocycles. The largest absolute Gasteiger partial charge is 0.343 e. The Kier molecular flexibility index (Phi) is 4.64. The highest BCUT2D eigenvalue weighted by Crippen LogP contribution is 2.18. The molecule has 2 rings (SSSR count). The summed E-state index contributed by atoms with van der Waals surface area (Å²) in [4.78, 5) is 5.08. The van der Waals surface area contributed by atoms with Crippen LogP contribution in [0.3, 0.4) is 0 Å². The van der Waals surface area contributed by atoms with Crippen LogP contribution in [0.5, 0.6) is 0 Å². The van der Waals surface area contributed by atoms with Crippen molar-refractivity contribution in [2.45, 2.75) is 17.9 Å². The molecule has 0 atom stereocenters. The quantitative estimate of drug-likeness (QED) is 0.767. The molecule has 0 aliphatic carbocycles. The zero-order valence-electron chi connectivity index (χ0n) is 10.3. The summed E-state index contributed by atoms with van der Waals surface area (Å²) in [5.41, 5.74) is 0. The summed E-state index contributed by atoms with van der Waals surface area (Å²) >= 11 is 1.41. The van der Waals surface area contributed by atoms with E-state index in [1.54, 1.807) is 11.4 Å². The second-order valence-corrected chi connectivity index (χ2v) is 6.54. The van der Waals surface area contributed by atoms with Crippen LogP contribution in [0, 0.1) is 0 Å². The number of rotatable bonds is 7. The summed E-state index contributed by atoms with van der Waals surface area (Å²) in [6.07, 6.45) is 1.61. The summed E-state index contributed by atoms with van der Waals surface area (Å²) in [7, 11) is -1.65. The molecule has 0 unspecified atom stereocenters. The molecule has 9 heteroatoms. The van der Waals surface area contributed by atoms with Crippen LogP contribution in [0.15, 0.2) is 27.3 Å². The maximum absolute atomic E-state index is 12.0. The summed E-state index contributed by atoms with van der Waals surface area (Å²) in [5, 5.41) is 8.22. The standard InChI is InChI=1S/C10H14N4O3S2/c1-11-5-8-4-9(6-18-8)19(15,16)13-3-2-10-12-7-17-14-10/h4,6-7,11,13H,2-3,5H2,1H3. The number of nitrogens with one attached hydrogen (secondary N) is 2. The zero-order chi connectivity index (χ0) is 13.7. The Morgan fingerprint density at radius 2 is 2.32 bits per heavy atom. The Bertz CT molecular complexity index is 607. The van der Waals surface area contributed by atoms with Gasteiger partial charge in [0.05, 0.1) is 4.90 Å². The van der Waals surface area contributed by atoms with Crippen molar-refractivity contribution in [3.8, 4) is 0 Å². The third-order valence-corrected chi connectivity index (χ3v) is 4.87. The molecule has 0 aliphatic heterocycles. The van der Waals surface area contributed by atoms with E-state index >= 15 is 0 Å². The zero-order valence-corrected chi connectivity index (χ0v) is 11.9. The SMILES string of the molecule is CNCc1cc(S(=O)(=O)NCCc2ncon2)cs1. The van der Waals surface area contributed by atoms with Crippen LogP contribution >= 0.6 is 11.3 Å². The molecule has 0 aliphatic rings. The van der Waals surface area contributed by atoms with Crippen molar-refractivity contribution < 1.29 is 12.9 Å². The summed E-state index contributed by atoms with van der Waals surface area (Å²) in [6, 6.07) is 1.66. The number of aromatic nitrogens is 2. The highest BCUT2D eigenvalue weighted by atomic mass is 32.2. The van der Waals surface area contributed by atoms with Gasteiger partial charge >= 0.3 is 0 Å². The van der Waals surface area contributed by atoms with E-state index in [2.05, 4.69) is 24.7 Å². The molecule has 0 bridgehead atoms. The number of thiophene rings is 1. The number of hydrogen-bond acceptors (Lipinski definition) is 7.